The third-order valence-electron chi connectivity index (χ3n) is 2.90. The molecule has 1 aromatic heterocycles. The van der Waals surface area contributed by atoms with Crippen LogP contribution in [-0.4, -0.2) is 25.2 Å². The minimum absolute atomic E-state index is 0.161. The average molecular weight is 378 g/mol. The van der Waals surface area contributed by atoms with Crippen molar-refractivity contribution in [3.8, 4) is 22.8 Å². The van der Waals surface area contributed by atoms with Gasteiger partial charge in [-0.15, -0.1) is 0 Å². The monoisotopic (exact) mass is 377 g/mol. The highest BCUT2D eigenvalue weighted by atomic mass is 35.5. The van der Waals surface area contributed by atoms with Crippen molar-refractivity contribution in [2.24, 2.45) is 0 Å². The number of halogens is 2. The van der Waals surface area contributed by atoms with Gasteiger partial charge in [-0.25, -0.2) is 17.5 Å². The van der Waals surface area contributed by atoms with Crippen LogP contribution in [-0.2, 0) is 14.8 Å². The van der Waals surface area contributed by atoms with Crippen LogP contribution in [0.2, 0.25) is 5.02 Å². The van der Waals surface area contributed by atoms with Crippen LogP contribution in [0.5, 0.6) is 11.5 Å². The van der Waals surface area contributed by atoms with Gasteiger partial charge in [-0.05, 0) is 25.1 Å². The summed E-state index contributed by atoms with van der Waals surface area (Å²) in [7, 11) is -3.76. The maximum atomic E-state index is 13.3. The molecule has 0 saturated heterocycles. The van der Waals surface area contributed by atoms with Crippen molar-refractivity contribution in [3.63, 3.8) is 0 Å². The first-order valence-corrected chi connectivity index (χ1v) is 8.67. The lowest BCUT2D eigenvalue weighted by Gasteiger charge is -2.04. The molecule has 0 saturated carbocycles. The summed E-state index contributed by atoms with van der Waals surface area (Å²) in [6, 6.07) is 3.47. The van der Waals surface area contributed by atoms with Gasteiger partial charge in [0.2, 0.25) is 21.5 Å². The lowest BCUT2D eigenvalue weighted by atomic mass is 10.1. The van der Waals surface area contributed by atoms with E-state index in [0.29, 0.717) is 0 Å². The molecule has 0 aliphatic rings. The van der Waals surface area contributed by atoms with Crippen molar-refractivity contribution in [3.05, 3.63) is 29.0 Å². The van der Waals surface area contributed by atoms with Gasteiger partial charge in [-0.3, -0.25) is 4.79 Å². The van der Waals surface area contributed by atoms with Gasteiger partial charge < -0.3 is 14.3 Å². The molecule has 130 valence electrons. The van der Waals surface area contributed by atoms with Gasteiger partial charge in [0.05, 0.1) is 10.8 Å². The summed E-state index contributed by atoms with van der Waals surface area (Å²) < 4.78 is 48.8. The number of esters is 1. The molecule has 0 radical (unpaired) electrons. The summed E-state index contributed by atoms with van der Waals surface area (Å²) >= 11 is 5.68. The lowest BCUT2D eigenvalue weighted by Crippen LogP contribution is -2.15. The van der Waals surface area contributed by atoms with Crippen LogP contribution in [0.15, 0.2) is 22.6 Å². The molecule has 1 heterocycles. The van der Waals surface area contributed by atoms with Gasteiger partial charge in [0.15, 0.2) is 5.76 Å². The maximum Gasteiger partial charge on any atom is 0.308 e. The summed E-state index contributed by atoms with van der Waals surface area (Å²) in [4.78, 5) is 11.2. The normalized spacial score (nSPS) is 11.3. The van der Waals surface area contributed by atoms with Crippen LogP contribution in [0.25, 0.3) is 11.3 Å². The number of nitrogens with one attached hydrogen (secondary N) is 1. The summed E-state index contributed by atoms with van der Waals surface area (Å²) in [5.74, 6) is -3.57. The molecular weight excluding hydrogens is 365 g/mol. The molecule has 0 aliphatic carbocycles. The Labute approximate surface area is 142 Å². The zero-order valence-electron chi connectivity index (χ0n) is 12.6. The van der Waals surface area contributed by atoms with E-state index in [0.717, 1.165) is 13.0 Å². The molecular formula is C14H13ClFNO6S. The second-order valence-corrected chi connectivity index (χ2v) is 7.08. The van der Waals surface area contributed by atoms with E-state index in [9.17, 15) is 22.7 Å². The first-order chi connectivity index (χ1) is 11.1. The second kappa shape index (κ2) is 6.70. The van der Waals surface area contributed by atoms with Crippen molar-refractivity contribution in [1.82, 2.24) is 0 Å². The number of hydrogen-bond acceptors (Lipinski definition) is 6. The summed E-state index contributed by atoms with van der Waals surface area (Å²) in [5, 5.41) is 9.97. The molecule has 2 rings (SSSR count). The number of hydrogen-bond donors (Lipinski definition) is 2. The molecule has 0 fully saturated rings. The molecule has 2 aromatic rings. The predicted octanol–water partition coefficient (Wildman–Crippen LogP) is 3.13. The number of sulfonamides is 1. The highest BCUT2D eigenvalue weighted by Crippen LogP contribution is 2.47. The van der Waals surface area contributed by atoms with Crippen LogP contribution >= 0.6 is 11.6 Å². The van der Waals surface area contributed by atoms with E-state index >= 15 is 0 Å². The van der Waals surface area contributed by atoms with Gasteiger partial charge >= 0.3 is 5.97 Å². The highest BCUT2D eigenvalue weighted by molar-refractivity contribution is 7.92. The number of benzene rings is 1. The molecule has 0 unspecified atom stereocenters. The Bertz CT molecular complexity index is 893. The van der Waals surface area contributed by atoms with Gasteiger partial charge in [0.25, 0.3) is 5.88 Å². The number of carbonyl (C=O) groups is 1. The molecule has 2 N–H and O–H groups in total. The van der Waals surface area contributed by atoms with Crippen LogP contribution < -0.4 is 9.46 Å². The number of anilines is 1. The van der Waals surface area contributed by atoms with E-state index in [2.05, 4.69) is 4.72 Å². The number of carbonyl (C=O) groups excluding carboxylic acids is 1. The van der Waals surface area contributed by atoms with Gasteiger partial charge in [0, 0.05) is 12.5 Å². The van der Waals surface area contributed by atoms with Gasteiger partial charge in [0.1, 0.15) is 5.82 Å². The van der Waals surface area contributed by atoms with E-state index in [1.54, 1.807) is 0 Å². The van der Waals surface area contributed by atoms with E-state index in [-0.39, 0.29) is 22.1 Å². The summed E-state index contributed by atoms with van der Waals surface area (Å²) in [5.41, 5.74) is 0.161. The van der Waals surface area contributed by atoms with E-state index in [4.69, 9.17) is 20.8 Å². The van der Waals surface area contributed by atoms with E-state index in [1.165, 1.54) is 19.1 Å². The fourth-order valence-electron chi connectivity index (χ4n) is 1.76. The lowest BCUT2D eigenvalue weighted by molar-refractivity contribution is -0.131. The Morgan fingerprint density at radius 2 is 2.12 bits per heavy atom. The Balaban J connectivity index is 2.59. The molecule has 0 atom stereocenters. The highest BCUT2D eigenvalue weighted by Gasteiger charge is 2.27. The van der Waals surface area contributed by atoms with E-state index in [1.807, 2.05) is 0 Å². The molecule has 0 bridgehead atoms. The molecule has 24 heavy (non-hydrogen) atoms. The first kappa shape index (κ1) is 18.1. The topological polar surface area (TPSA) is 106 Å². The Morgan fingerprint density at radius 1 is 1.46 bits per heavy atom. The standard InChI is InChI=1S/C14H13ClFNO6S/c1-3-24(20,21)17-14-13(22-7(2)18)11(19)12(23-14)8-4-5-10(16)9(15)6-8/h4-6,17,19H,3H2,1-2H3. The molecule has 10 heteroatoms. The summed E-state index contributed by atoms with van der Waals surface area (Å²) in [6.45, 7) is 2.45. The Hall–Kier alpha value is -2.26. The molecule has 0 aliphatic heterocycles. The maximum absolute atomic E-state index is 13.3. The van der Waals surface area contributed by atoms with Crippen molar-refractivity contribution < 1.29 is 31.9 Å². The van der Waals surface area contributed by atoms with Gasteiger partial charge in [-0.2, -0.15) is 0 Å². The summed E-state index contributed by atoms with van der Waals surface area (Å²) in [6.07, 6.45) is 0. The van der Waals surface area contributed by atoms with Crippen LogP contribution in [0.3, 0.4) is 0 Å². The van der Waals surface area contributed by atoms with Crippen molar-refractivity contribution in [2.45, 2.75) is 13.8 Å². The Kier molecular flexibility index (Phi) is 5.05. The first-order valence-electron chi connectivity index (χ1n) is 6.64. The Morgan fingerprint density at radius 3 is 2.67 bits per heavy atom. The number of aromatic hydroxyl groups is 1. The van der Waals surface area contributed by atoms with Crippen molar-refractivity contribution in [1.29, 1.82) is 0 Å². The third kappa shape index (κ3) is 3.80. The quantitative estimate of drug-likeness (QED) is 0.775. The van der Waals surface area contributed by atoms with Crippen molar-refractivity contribution >= 4 is 33.5 Å². The predicted molar refractivity (Wildman–Crippen MR) is 85.2 cm³/mol. The van der Waals surface area contributed by atoms with Gasteiger partial charge in [-0.1, -0.05) is 11.6 Å². The van der Waals surface area contributed by atoms with Crippen LogP contribution in [0, 0.1) is 5.82 Å². The smallest absolute Gasteiger partial charge is 0.308 e. The second-order valence-electron chi connectivity index (χ2n) is 4.67. The number of rotatable bonds is 5. The molecule has 0 amide bonds. The van der Waals surface area contributed by atoms with Crippen molar-refractivity contribution in [2.75, 3.05) is 10.5 Å². The van der Waals surface area contributed by atoms with Crippen LogP contribution in [0.4, 0.5) is 10.3 Å². The minimum atomic E-state index is -3.76. The van der Waals surface area contributed by atoms with Crippen LogP contribution in [0.1, 0.15) is 13.8 Å². The fourth-order valence-corrected chi connectivity index (χ4v) is 2.50. The minimum Gasteiger partial charge on any atom is -0.502 e. The van der Waals surface area contributed by atoms with E-state index < -0.39 is 39.2 Å². The zero-order valence-corrected chi connectivity index (χ0v) is 14.2. The molecule has 7 nitrogen and oxygen atoms in total. The number of furan rings is 1. The SMILES string of the molecule is CCS(=O)(=O)Nc1oc(-c2ccc(F)c(Cl)c2)c(O)c1OC(C)=O. The fraction of sp³-hybridized carbons (Fsp3) is 0.214. The zero-order chi connectivity index (χ0) is 18.1. The average Bonchev–Trinajstić information content (AvgIpc) is 2.78. The molecule has 1 aromatic carbocycles. The number of ether oxygens (including phenoxy) is 1. The molecule has 0 spiro atoms. The third-order valence-corrected chi connectivity index (χ3v) is 4.44. The largest absolute Gasteiger partial charge is 0.502 e.